The summed E-state index contributed by atoms with van der Waals surface area (Å²) in [5.74, 6) is 0.620. The molecule has 1 amide bonds. The minimum absolute atomic E-state index is 0.320. The van der Waals surface area contributed by atoms with Gasteiger partial charge in [-0.25, -0.2) is 9.67 Å². The van der Waals surface area contributed by atoms with E-state index >= 15 is 0 Å². The van der Waals surface area contributed by atoms with Gasteiger partial charge in [0.2, 0.25) is 5.91 Å². The number of carbonyl (C=O) groups excluding carboxylic acids is 1. The maximum absolute atomic E-state index is 13.2. The molecule has 0 spiro atoms. The van der Waals surface area contributed by atoms with Crippen molar-refractivity contribution < 1.29 is 4.79 Å². The van der Waals surface area contributed by atoms with Crippen molar-refractivity contribution in [2.75, 3.05) is 5.73 Å². The lowest BCUT2D eigenvalue weighted by atomic mass is 10.1. The molecule has 0 fully saturated rings. The first-order valence-electron chi connectivity index (χ1n) is 12.6. The van der Waals surface area contributed by atoms with E-state index < -0.39 is 6.04 Å². The number of aromatic nitrogens is 7. The van der Waals surface area contributed by atoms with Crippen molar-refractivity contribution in [1.82, 2.24) is 40.5 Å². The second-order valence-electron chi connectivity index (χ2n) is 9.29. The highest BCUT2D eigenvalue weighted by molar-refractivity contribution is 6.32. The highest BCUT2D eigenvalue weighted by Gasteiger charge is 2.21. The Morgan fingerprint density at radius 3 is 2.76 bits per heavy atom. The van der Waals surface area contributed by atoms with Crippen molar-refractivity contribution in [1.29, 1.82) is 0 Å². The Hall–Kier alpha value is -4.93. The number of hydrogen-bond donors (Lipinski definition) is 4. The van der Waals surface area contributed by atoms with Gasteiger partial charge in [0.25, 0.3) is 0 Å². The smallest absolute Gasteiger partial charge is 0.244 e. The number of amides is 1. The molecule has 0 saturated carbocycles. The zero-order valence-corrected chi connectivity index (χ0v) is 22.9. The highest BCUT2D eigenvalue weighted by atomic mass is 35.5. The number of nitrogens with zero attached hydrogens (tertiary/aromatic N) is 5. The van der Waals surface area contributed by atoms with Gasteiger partial charge in [-0.2, -0.15) is 5.10 Å². The molecule has 10 nitrogen and oxygen atoms in total. The Balaban J connectivity index is 1.29. The molecule has 0 saturated heterocycles. The second kappa shape index (κ2) is 11.3. The number of H-pyrrole nitrogens is 2. The minimum atomic E-state index is -0.499. The average molecular weight is 584 g/mol. The topological polar surface area (TPSA) is 143 Å². The third-order valence-electron chi connectivity index (χ3n) is 6.55. The van der Waals surface area contributed by atoms with Crippen molar-refractivity contribution >= 4 is 51.9 Å². The maximum atomic E-state index is 13.2. The molecule has 1 unspecified atom stereocenters. The molecule has 0 aliphatic rings. The number of imidazole rings is 1. The fraction of sp³-hybridized carbons (Fsp3) is 0.0690. The van der Waals surface area contributed by atoms with Crippen LogP contribution in [0.3, 0.4) is 0 Å². The Morgan fingerprint density at radius 2 is 1.95 bits per heavy atom. The number of rotatable bonds is 8. The van der Waals surface area contributed by atoms with Crippen molar-refractivity contribution in [2.24, 2.45) is 0 Å². The summed E-state index contributed by atoms with van der Waals surface area (Å²) in [6, 6.07) is 20.3. The lowest BCUT2D eigenvalue weighted by molar-refractivity contribution is -0.117. The van der Waals surface area contributed by atoms with E-state index in [4.69, 9.17) is 33.9 Å². The van der Waals surface area contributed by atoms with Crippen molar-refractivity contribution in [3.8, 4) is 16.9 Å². The van der Waals surface area contributed by atoms with Crippen LogP contribution in [0.1, 0.15) is 23.0 Å². The number of nitrogens with one attached hydrogen (secondary N) is 3. The Bertz CT molecular complexity index is 1860. The highest BCUT2D eigenvalue weighted by Crippen LogP contribution is 2.31. The molecule has 3 aromatic carbocycles. The summed E-state index contributed by atoms with van der Waals surface area (Å²) >= 11 is 12.9. The van der Waals surface area contributed by atoms with Gasteiger partial charge in [0.1, 0.15) is 16.7 Å². The molecule has 41 heavy (non-hydrogen) atoms. The van der Waals surface area contributed by atoms with Crippen LogP contribution in [-0.4, -0.2) is 41.1 Å². The van der Waals surface area contributed by atoms with Crippen LogP contribution >= 0.6 is 23.2 Å². The third-order valence-corrected chi connectivity index (χ3v) is 7.05. The van der Waals surface area contributed by atoms with Gasteiger partial charge in [-0.3, -0.25) is 9.89 Å². The number of aromatic amines is 2. The fourth-order valence-electron chi connectivity index (χ4n) is 4.57. The number of halogens is 2. The standard InChI is InChI=1S/C29H23Cl2N9O/c30-20-8-10-24(40-13-12-33-39-40)18(15-20)7-11-25(41)34-23(14-17-4-2-1-3-5-17)29-35-26(27(31)36-29)19-6-9-21-22(16-19)37-38-28(21)32/h1-13,15-16,23H,14H2,(H,34,41)(H,35,36)(H3,32,37,38)/b11-7+. The first kappa shape index (κ1) is 26.3. The number of nitrogens with two attached hydrogens (primary N) is 1. The number of fused-ring (bicyclic) bond motifs is 1. The van der Waals surface area contributed by atoms with E-state index in [1.165, 1.54) is 6.08 Å². The molecule has 0 aliphatic heterocycles. The van der Waals surface area contributed by atoms with Crippen LogP contribution < -0.4 is 11.1 Å². The van der Waals surface area contributed by atoms with Crippen LogP contribution in [0.25, 0.3) is 33.9 Å². The van der Waals surface area contributed by atoms with Crippen LogP contribution in [-0.2, 0) is 11.2 Å². The largest absolute Gasteiger partial charge is 0.382 e. The molecule has 3 aromatic heterocycles. The molecule has 12 heteroatoms. The van der Waals surface area contributed by atoms with Crippen LogP contribution in [0.5, 0.6) is 0 Å². The monoisotopic (exact) mass is 583 g/mol. The zero-order chi connectivity index (χ0) is 28.3. The summed E-state index contributed by atoms with van der Waals surface area (Å²) < 4.78 is 1.60. The van der Waals surface area contributed by atoms with E-state index in [9.17, 15) is 4.79 Å². The predicted molar refractivity (Wildman–Crippen MR) is 160 cm³/mol. The van der Waals surface area contributed by atoms with E-state index in [1.54, 1.807) is 35.3 Å². The zero-order valence-electron chi connectivity index (χ0n) is 21.4. The number of nitrogen functional groups attached to an aromatic ring is 1. The van der Waals surface area contributed by atoms with Crippen molar-refractivity contribution in [2.45, 2.75) is 12.5 Å². The normalized spacial score (nSPS) is 12.2. The summed E-state index contributed by atoms with van der Waals surface area (Å²) in [5, 5.41) is 19.6. The lowest BCUT2D eigenvalue weighted by Crippen LogP contribution is -2.29. The summed E-state index contributed by atoms with van der Waals surface area (Å²) in [7, 11) is 0. The van der Waals surface area contributed by atoms with Gasteiger partial charge in [0, 0.05) is 27.6 Å². The van der Waals surface area contributed by atoms with Gasteiger partial charge < -0.3 is 16.0 Å². The fourth-order valence-corrected chi connectivity index (χ4v) is 5.00. The summed E-state index contributed by atoms with van der Waals surface area (Å²) in [6.45, 7) is 0. The molecular weight excluding hydrogens is 561 g/mol. The molecule has 0 bridgehead atoms. The molecule has 1 atom stereocenters. The number of carbonyl (C=O) groups is 1. The Labute approximate surface area is 244 Å². The Morgan fingerprint density at radius 1 is 1.10 bits per heavy atom. The Kier molecular flexibility index (Phi) is 7.24. The number of hydrogen-bond acceptors (Lipinski definition) is 6. The number of benzene rings is 3. The maximum Gasteiger partial charge on any atom is 0.244 e. The van der Waals surface area contributed by atoms with Crippen LogP contribution in [0.4, 0.5) is 5.82 Å². The quantitative estimate of drug-likeness (QED) is 0.173. The molecular formula is C29H23Cl2N9O. The van der Waals surface area contributed by atoms with E-state index in [0.717, 1.165) is 27.7 Å². The number of anilines is 1. The van der Waals surface area contributed by atoms with E-state index in [-0.39, 0.29) is 5.91 Å². The van der Waals surface area contributed by atoms with Gasteiger partial charge in [0.05, 0.1) is 29.6 Å². The SMILES string of the molecule is Nc1n[nH]c2cc(-c3nc(C(Cc4ccccc4)NC(=O)/C=C/c4cc(Cl)ccc4-n4ccnn4)[nH]c3Cl)ccc12. The predicted octanol–water partition coefficient (Wildman–Crippen LogP) is 5.54. The summed E-state index contributed by atoms with van der Waals surface area (Å²) in [6.07, 6.45) is 6.92. The van der Waals surface area contributed by atoms with E-state index in [0.29, 0.717) is 39.5 Å². The van der Waals surface area contributed by atoms with Crippen LogP contribution in [0.2, 0.25) is 10.2 Å². The van der Waals surface area contributed by atoms with Gasteiger partial charge in [-0.15, -0.1) is 5.10 Å². The minimum Gasteiger partial charge on any atom is -0.382 e. The molecule has 0 aliphatic carbocycles. The van der Waals surface area contributed by atoms with Crippen molar-refractivity contribution in [3.05, 3.63) is 112 Å². The van der Waals surface area contributed by atoms with Gasteiger partial charge in [-0.05, 0) is 48.4 Å². The summed E-state index contributed by atoms with van der Waals surface area (Å²) in [4.78, 5) is 21.2. The average Bonchev–Trinajstić information content (AvgIpc) is 3.73. The molecule has 6 aromatic rings. The molecule has 204 valence electrons. The first-order valence-corrected chi connectivity index (χ1v) is 13.4. The van der Waals surface area contributed by atoms with E-state index in [1.807, 2.05) is 54.6 Å². The first-order chi connectivity index (χ1) is 19.9. The van der Waals surface area contributed by atoms with Gasteiger partial charge in [0.15, 0.2) is 5.82 Å². The molecule has 5 N–H and O–H groups in total. The molecule has 6 rings (SSSR count). The van der Waals surface area contributed by atoms with Crippen LogP contribution in [0.15, 0.2) is 85.2 Å². The van der Waals surface area contributed by atoms with Gasteiger partial charge >= 0.3 is 0 Å². The third kappa shape index (κ3) is 5.69. The van der Waals surface area contributed by atoms with E-state index in [2.05, 4.69) is 30.8 Å². The summed E-state index contributed by atoms with van der Waals surface area (Å²) in [5.41, 5.74) is 10.5. The van der Waals surface area contributed by atoms with Crippen molar-refractivity contribution in [3.63, 3.8) is 0 Å². The van der Waals surface area contributed by atoms with Crippen LogP contribution in [0, 0.1) is 0 Å². The van der Waals surface area contributed by atoms with Gasteiger partial charge in [-0.1, -0.05) is 64.8 Å². The molecule has 3 heterocycles. The molecule has 0 radical (unpaired) electrons. The lowest BCUT2D eigenvalue weighted by Gasteiger charge is -2.16. The second-order valence-corrected chi connectivity index (χ2v) is 10.1.